The summed E-state index contributed by atoms with van der Waals surface area (Å²) < 4.78 is 0. The summed E-state index contributed by atoms with van der Waals surface area (Å²) in [5.41, 5.74) is -0.407. The Kier molecular flexibility index (Phi) is 1.79. The molecule has 1 saturated carbocycles. The number of hydrogen-bond acceptors (Lipinski definition) is 3. The van der Waals surface area contributed by atoms with Crippen molar-refractivity contribution < 1.29 is 5.11 Å². The Hall–Kier alpha value is -0.410. The molecular weight excluding hydrogens is 182 g/mol. The van der Waals surface area contributed by atoms with Crippen molar-refractivity contribution in [1.29, 1.82) is 0 Å². The molecule has 2 nitrogen and oxygen atoms in total. The van der Waals surface area contributed by atoms with E-state index in [4.69, 9.17) is 0 Å². The Labute approximate surface area is 82.6 Å². The minimum atomic E-state index is -0.513. The fourth-order valence-corrected chi connectivity index (χ4v) is 2.32. The van der Waals surface area contributed by atoms with Gasteiger partial charge in [0, 0.05) is 11.6 Å². The third-order valence-electron chi connectivity index (χ3n) is 2.33. The molecule has 1 fully saturated rings. The van der Waals surface area contributed by atoms with Crippen LogP contribution in [0.3, 0.4) is 0 Å². The molecule has 0 aliphatic heterocycles. The van der Waals surface area contributed by atoms with Gasteiger partial charge in [0.15, 0.2) is 0 Å². The van der Waals surface area contributed by atoms with Crippen molar-refractivity contribution >= 4 is 11.3 Å². The first-order valence-electron chi connectivity index (χ1n) is 4.61. The molecule has 0 atom stereocenters. The van der Waals surface area contributed by atoms with Crippen LogP contribution >= 0.6 is 11.3 Å². The van der Waals surface area contributed by atoms with Gasteiger partial charge in [-0.3, -0.25) is 0 Å². The van der Waals surface area contributed by atoms with Crippen LogP contribution in [-0.4, -0.2) is 10.1 Å². The average Bonchev–Trinajstić information content (AvgIpc) is 2.60. The monoisotopic (exact) mass is 197 g/mol. The summed E-state index contributed by atoms with van der Waals surface area (Å²) in [7, 11) is 0. The van der Waals surface area contributed by atoms with E-state index >= 15 is 0 Å². The van der Waals surface area contributed by atoms with E-state index in [0.717, 1.165) is 22.7 Å². The highest BCUT2D eigenvalue weighted by Gasteiger charge is 2.44. The van der Waals surface area contributed by atoms with E-state index in [0.29, 0.717) is 0 Å². The molecule has 13 heavy (non-hydrogen) atoms. The molecule has 0 amide bonds. The third-order valence-corrected chi connectivity index (χ3v) is 3.95. The molecule has 0 spiro atoms. The summed E-state index contributed by atoms with van der Waals surface area (Å²) >= 11 is 1.65. The Morgan fingerprint density at radius 3 is 2.46 bits per heavy atom. The van der Waals surface area contributed by atoms with Gasteiger partial charge in [-0.05, 0) is 12.8 Å². The van der Waals surface area contributed by atoms with Gasteiger partial charge in [-0.1, -0.05) is 20.8 Å². The first-order valence-corrected chi connectivity index (χ1v) is 5.43. The molecule has 1 aromatic rings. The van der Waals surface area contributed by atoms with Gasteiger partial charge < -0.3 is 5.11 Å². The van der Waals surface area contributed by atoms with Gasteiger partial charge in [-0.15, -0.1) is 11.3 Å². The topological polar surface area (TPSA) is 33.1 Å². The smallest absolute Gasteiger partial charge is 0.101 e. The van der Waals surface area contributed by atoms with Crippen molar-refractivity contribution in [2.45, 2.75) is 44.6 Å². The van der Waals surface area contributed by atoms with Crippen molar-refractivity contribution in [1.82, 2.24) is 4.98 Å². The second kappa shape index (κ2) is 2.55. The van der Waals surface area contributed by atoms with Gasteiger partial charge in [0.25, 0.3) is 0 Å². The van der Waals surface area contributed by atoms with Crippen molar-refractivity contribution in [2.75, 3.05) is 0 Å². The number of hydrogen-bond donors (Lipinski definition) is 1. The molecule has 0 aromatic carbocycles. The number of aromatic nitrogens is 1. The molecule has 1 aliphatic rings. The Morgan fingerprint density at radius 2 is 2.08 bits per heavy atom. The molecule has 1 N–H and O–H groups in total. The van der Waals surface area contributed by atoms with Crippen LogP contribution in [0.5, 0.6) is 0 Å². The molecule has 2 rings (SSSR count). The first-order chi connectivity index (χ1) is 5.92. The summed E-state index contributed by atoms with van der Waals surface area (Å²) in [6.07, 6.45) is 3.63. The summed E-state index contributed by atoms with van der Waals surface area (Å²) in [5, 5.41) is 11.0. The second-order valence-electron chi connectivity index (χ2n) is 4.81. The number of rotatable bonds is 1. The zero-order valence-corrected chi connectivity index (χ0v) is 9.11. The standard InChI is InChI=1S/C10H15NOS/c1-9(2,3)8-11-6-7(13-8)10(12)4-5-10/h6,12H,4-5H2,1-3H3. The summed E-state index contributed by atoms with van der Waals surface area (Å²) in [5.74, 6) is 0. The average molecular weight is 197 g/mol. The predicted octanol–water partition coefficient (Wildman–Crippen LogP) is 2.42. The highest BCUT2D eigenvalue weighted by atomic mass is 32.1. The second-order valence-corrected chi connectivity index (χ2v) is 5.84. The normalized spacial score (nSPS) is 20.3. The van der Waals surface area contributed by atoms with Crippen LogP contribution in [-0.2, 0) is 11.0 Å². The number of thiazole rings is 1. The summed E-state index contributed by atoms with van der Waals surface area (Å²) in [6.45, 7) is 6.44. The van der Waals surface area contributed by atoms with Gasteiger partial charge in [0.2, 0.25) is 0 Å². The van der Waals surface area contributed by atoms with Crippen molar-refractivity contribution in [3.8, 4) is 0 Å². The lowest BCUT2D eigenvalue weighted by atomic mass is 9.98. The van der Waals surface area contributed by atoms with Crippen LogP contribution in [0, 0.1) is 0 Å². The number of aliphatic hydroxyl groups is 1. The highest BCUT2D eigenvalue weighted by molar-refractivity contribution is 7.11. The van der Waals surface area contributed by atoms with E-state index in [1.165, 1.54) is 0 Å². The van der Waals surface area contributed by atoms with Crippen LogP contribution in [0.15, 0.2) is 6.20 Å². The van der Waals surface area contributed by atoms with Crippen LogP contribution in [0.2, 0.25) is 0 Å². The van der Waals surface area contributed by atoms with Gasteiger partial charge in [-0.2, -0.15) is 0 Å². The SMILES string of the molecule is CC(C)(C)c1ncc(C2(O)CC2)s1. The maximum absolute atomic E-state index is 9.85. The fourth-order valence-electron chi connectivity index (χ4n) is 1.20. The van der Waals surface area contributed by atoms with Crippen LogP contribution < -0.4 is 0 Å². The quantitative estimate of drug-likeness (QED) is 0.750. The third kappa shape index (κ3) is 1.63. The lowest BCUT2D eigenvalue weighted by molar-refractivity contribution is 0.155. The maximum Gasteiger partial charge on any atom is 0.101 e. The minimum Gasteiger partial charge on any atom is -0.384 e. The molecule has 1 heterocycles. The molecule has 0 radical (unpaired) electrons. The summed E-state index contributed by atoms with van der Waals surface area (Å²) in [4.78, 5) is 5.39. The van der Waals surface area contributed by atoms with Crippen molar-refractivity contribution in [3.05, 3.63) is 16.1 Å². The molecular formula is C10H15NOS. The van der Waals surface area contributed by atoms with E-state index in [9.17, 15) is 5.11 Å². The van der Waals surface area contributed by atoms with Crippen LogP contribution in [0.4, 0.5) is 0 Å². The van der Waals surface area contributed by atoms with E-state index < -0.39 is 5.60 Å². The van der Waals surface area contributed by atoms with E-state index in [-0.39, 0.29) is 5.41 Å². The zero-order valence-electron chi connectivity index (χ0n) is 8.29. The molecule has 1 aromatic heterocycles. The van der Waals surface area contributed by atoms with Crippen molar-refractivity contribution in [3.63, 3.8) is 0 Å². The number of nitrogens with zero attached hydrogens (tertiary/aromatic N) is 1. The van der Waals surface area contributed by atoms with Crippen LogP contribution in [0.25, 0.3) is 0 Å². The predicted molar refractivity (Wildman–Crippen MR) is 53.9 cm³/mol. The van der Waals surface area contributed by atoms with Gasteiger partial charge in [0.05, 0.1) is 9.88 Å². The maximum atomic E-state index is 9.85. The molecule has 72 valence electrons. The Balaban J connectivity index is 2.29. The zero-order chi connectivity index (χ0) is 9.69. The Bertz CT molecular complexity index is 300. The van der Waals surface area contributed by atoms with Crippen molar-refractivity contribution in [2.24, 2.45) is 0 Å². The first kappa shape index (κ1) is 9.16. The molecule has 1 aliphatic carbocycles. The molecule has 0 bridgehead atoms. The van der Waals surface area contributed by atoms with E-state index in [2.05, 4.69) is 25.8 Å². The fraction of sp³-hybridized carbons (Fsp3) is 0.700. The van der Waals surface area contributed by atoms with Crippen LogP contribution in [0.1, 0.15) is 43.5 Å². The Morgan fingerprint density at radius 1 is 1.46 bits per heavy atom. The largest absolute Gasteiger partial charge is 0.384 e. The lowest BCUT2D eigenvalue weighted by Gasteiger charge is -2.13. The summed E-state index contributed by atoms with van der Waals surface area (Å²) in [6, 6.07) is 0. The molecule has 0 unspecified atom stereocenters. The highest BCUT2D eigenvalue weighted by Crippen LogP contribution is 2.48. The van der Waals surface area contributed by atoms with Gasteiger partial charge >= 0.3 is 0 Å². The molecule has 3 heteroatoms. The van der Waals surface area contributed by atoms with Gasteiger partial charge in [0.1, 0.15) is 5.60 Å². The van der Waals surface area contributed by atoms with Gasteiger partial charge in [-0.25, -0.2) is 4.98 Å². The minimum absolute atomic E-state index is 0.105. The lowest BCUT2D eigenvalue weighted by Crippen LogP contribution is -2.09. The van der Waals surface area contributed by atoms with E-state index in [1.54, 1.807) is 11.3 Å². The van der Waals surface area contributed by atoms with E-state index in [1.807, 2.05) is 6.20 Å². The molecule has 0 saturated heterocycles.